The van der Waals surface area contributed by atoms with Crippen molar-refractivity contribution in [1.82, 2.24) is 0 Å². The first kappa shape index (κ1) is 5.48. The summed E-state index contributed by atoms with van der Waals surface area (Å²) in [6.45, 7) is 0. The van der Waals surface area contributed by atoms with Crippen molar-refractivity contribution >= 4 is 0 Å². The quantitative estimate of drug-likeness (QED) is 0.355. The van der Waals surface area contributed by atoms with Crippen molar-refractivity contribution in [2.45, 2.75) is 37.9 Å². The summed E-state index contributed by atoms with van der Waals surface area (Å²) in [5.74, 6) is 0. The highest BCUT2D eigenvalue weighted by Gasteiger charge is 2.37. The number of ether oxygens (including phenoxy) is 1. The van der Waals surface area contributed by atoms with E-state index in [9.17, 15) is 0 Å². The molecule has 1 heteroatoms. The van der Waals surface area contributed by atoms with E-state index in [0.29, 0.717) is 12.2 Å². The molecule has 1 nitrogen and oxygen atoms in total. The highest BCUT2D eigenvalue weighted by molar-refractivity contribution is 4.94. The summed E-state index contributed by atoms with van der Waals surface area (Å²) in [6.07, 6.45) is 10.8. The van der Waals surface area contributed by atoms with Gasteiger partial charge in [-0.15, -0.1) is 0 Å². The van der Waals surface area contributed by atoms with Crippen molar-refractivity contribution < 1.29 is 4.74 Å². The highest BCUT2D eigenvalue weighted by atomic mass is 16.6. The zero-order valence-corrected chi connectivity index (χ0v) is 5.55. The van der Waals surface area contributed by atoms with E-state index in [-0.39, 0.29) is 0 Å². The zero-order chi connectivity index (χ0) is 6.10. The highest BCUT2D eigenvalue weighted by Crippen LogP contribution is 2.31. The Hall–Kier alpha value is -0.300. The third-order valence-corrected chi connectivity index (χ3v) is 2.09. The molecule has 2 aliphatic rings. The number of fused-ring (bicyclic) bond motifs is 1. The summed E-state index contributed by atoms with van der Waals surface area (Å²) in [5.41, 5.74) is 0. The Morgan fingerprint density at radius 2 is 1.56 bits per heavy atom. The zero-order valence-electron chi connectivity index (χ0n) is 5.55. The van der Waals surface area contributed by atoms with E-state index in [1.165, 1.54) is 25.7 Å². The molecule has 0 N–H and O–H groups in total. The van der Waals surface area contributed by atoms with Crippen LogP contribution in [0.3, 0.4) is 0 Å². The predicted octanol–water partition coefficient (Wildman–Crippen LogP) is 1.88. The molecule has 0 bridgehead atoms. The lowest BCUT2D eigenvalue weighted by molar-refractivity contribution is 0.359. The third-order valence-electron chi connectivity index (χ3n) is 2.09. The van der Waals surface area contributed by atoms with E-state index in [4.69, 9.17) is 4.74 Å². The fourth-order valence-electron chi connectivity index (χ4n) is 1.44. The average Bonchev–Trinajstić information content (AvgIpc) is 2.46. The molecule has 0 saturated carbocycles. The molecule has 1 aliphatic heterocycles. The lowest BCUT2D eigenvalue weighted by Gasteiger charge is -1.95. The van der Waals surface area contributed by atoms with Gasteiger partial charge in [0, 0.05) is 0 Å². The molecule has 0 unspecified atom stereocenters. The molecule has 2 rings (SSSR count). The van der Waals surface area contributed by atoms with Gasteiger partial charge in [-0.25, -0.2) is 0 Å². The Balaban J connectivity index is 1.91. The minimum absolute atomic E-state index is 0.634. The van der Waals surface area contributed by atoms with Gasteiger partial charge in [0.2, 0.25) is 0 Å². The van der Waals surface area contributed by atoms with Crippen molar-refractivity contribution in [3.63, 3.8) is 0 Å². The van der Waals surface area contributed by atoms with Crippen LogP contribution in [0.5, 0.6) is 0 Å². The molecule has 0 amide bonds. The second kappa shape index (κ2) is 2.14. The maximum Gasteiger partial charge on any atom is 0.0845 e. The van der Waals surface area contributed by atoms with Crippen LogP contribution in [0.2, 0.25) is 0 Å². The fourth-order valence-corrected chi connectivity index (χ4v) is 1.44. The number of hydrogen-bond donors (Lipinski definition) is 0. The lowest BCUT2D eigenvalue weighted by atomic mass is 10.1. The van der Waals surface area contributed by atoms with Crippen LogP contribution >= 0.6 is 0 Å². The third kappa shape index (κ3) is 1.16. The van der Waals surface area contributed by atoms with Crippen LogP contribution in [0, 0.1) is 0 Å². The molecule has 50 valence electrons. The standard InChI is InChI=1S/C8H12O/c1-2-4-6-8-7(9-8)5-3-1/h1-2,7-8H,3-6H2/b2-1-/t7-,8-/m0/s1. The summed E-state index contributed by atoms with van der Waals surface area (Å²) in [6, 6.07) is 0. The molecule has 1 aliphatic carbocycles. The minimum atomic E-state index is 0.634. The Morgan fingerprint density at radius 1 is 1.00 bits per heavy atom. The second-order valence-corrected chi connectivity index (χ2v) is 2.84. The van der Waals surface area contributed by atoms with E-state index in [2.05, 4.69) is 12.2 Å². The van der Waals surface area contributed by atoms with Gasteiger partial charge in [-0.1, -0.05) is 12.2 Å². The van der Waals surface area contributed by atoms with Gasteiger partial charge in [0.25, 0.3) is 0 Å². The van der Waals surface area contributed by atoms with Gasteiger partial charge in [-0.2, -0.15) is 0 Å². The number of epoxide rings is 1. The average molecular weight is 124 g/mol. The van der Waals surface area contributed by atoms with Crippen LogP contribution in [0.15, 0.2) is 12.2 Å². The van der Waals surface area contributed by atoms with Gasteiger partial charge in [-0.3, -0.25) is 0 Å². The molecular formula is C8H12O. The summed E-state index contributed by atoms with van der Waals surface area (Å²) < 4.78 is 5.40. The van der Waals surface area contributed by atoms with Gasteiger partial charge in [-0.05, 0) is 25.7 Å². The van der Waals surface area contributed by atoms with Gasteiger partial charge in [0.15, 0.2) is 0 Å². The Morgan fingerprint density at radius 3 is 2.11 bits per heavy atom. The molecule has 1 fully saturated rings. The van der Waals surface area contributed by atoms with Gasteiger partial charge in [0.1, 0.15) is 0 Å². The molecule has 0 radical (unpaired) electrons. The SMILES string of the molecule is C1=C\CC[C@@H]2O[C@H]2CC/1. The van der Waals surface area contributed by atoms with Gasteiger partial charge in [0.05, 0.1) is 12.2 Å². The number of rotatable bonds is 0. The fraction of sp³-hybridized carbons (Fsp3) is 0.750. The number of allylic oxidation sites excluding steroid dienone is 2. The first-order chi connectivity index (χ1) is 4.47. The van der Waals surface area contributed by atoms with Gasteiger partial charge < -0.3 is 4.74 Å². The van der Waals surface area contributed by atoms with Crippen molar-refractivity contribution in [3.8, 4) is 0 Å². The molecule has 0 aromatic rings. The Bertz CT molecular complexity index is 115. The summed E-state index contributed by atoms with van der Waals surface area (Å²) >= 11 is 0. The maximum absolute atomic E-state index is 5.40. The van der Waals surface area contributed by atoms with E-state index >= 15 is 0 Å². The van der Waals surface area contributed by atoms with Crippen molar-refractivity contribution in [1.29, 1.82) is 0 Å². The lowest BCUT2D eigenvalue weighted by Crippen LogP contribution is -1.94. The molecular weight excluding hydrogens is 112 g/mol. The molecule has 1 saturated heterocycles. The molecule has 2 atom stereocenters. The molecule has 0 spiro atoms. The monoisotopic (exact) mass is 124 g/mol. The van der Waals surface area contributed by atoms with Crippen LogP contribution in [0.25, 0.3) is 0 Å². The predicted molar refractivity (Wildman–Crippen MR) is 36.3 cm³/mol. The van der Waals surface area contributed by atoms with E-state index < -0.39 is 0 Å². The Kier molecular flexibility index (Phi) is 1.31. The smallest absolute Gasteiger partial charge is 0.0845 e. The number of hydrogen-bond acceptors (Lipinski definition) is 1. The second-order valence-electron chi connectivity index (χ2n) is 2.84. The van der Waals surface area contributed by atoms with E-state index in [0.717, 1.165) is 0 Å². The maximum atomic E-state index is 5.40. The van der Waals surface area contributed by atoms with Crippen LogP contribution in [-0.4, -0.2) is 12.2 Å². The summed E-state index contributed by atoms with van der Waals surface area (Å²) in [5, 5.41) is 0. The first-order valence-corrected chi connectivity index (χ1v) is 3.77. The van der Waals surface area contributed by atoms with Crippen LogP contribution in [0.4, 0.5) is 0 Å². The first-order valence-electron chi connectivity index (χ1n) is 3.77. The van der Waals surface area contributed by atoms with Crippen molar-refractivity contribution in [2.24, 2.45) is 0 Å². The topological polar surface area (TPSA) is 12.5 Å². The molecule has 1 heterocycles. The van der Waals surface area contributed by atoms with E-state index in [1.807, 2.05) is 0 Å². The largest absolute Gasteiger partial charge is 0.370 e. The van der Waals surface area contributed by atoms with Crippen LogP contribution in [-0.2, 0) is 4.74 Å². The minimum Gasteiger partial charge on any atom is -0.370 e. The molecule has 9 heavy (non-hydrogen) atoms. The van der Waals surface area contributed by atoms with Crippen LogP contribution < -0.4 is 0 Å². The normalized spacial score (nSPS) is 44.4. The Labute approximate surface area is 55.7 Å². The molecule has 0 aromatic heterocycles. The van der Waals surface area contributed by atoms with E-state index in [1.54, 1.807) is 0 Å². The van der Waals surface area contributed by atoms with Crippen molar-refractivity contribution in [3.05, 3.63) is 12.2 Å². The van der Waals surface area contributed by atoms with Gasteiger partial charge >= 0.3 is 0 Å². The summed E-state index contributed by atoms with van der Waals surface area (Å²) in [4.78, 5) is 0. The van der Waals surface area contributed by atoms with Crippen molar-refractivity contribution in [2.75, 3.05) is 0 Å². The summed E-state index contributed by atoms with van der Waals surface area (Å²) in [7, 11) is 0. The van der Waals surface area contributed by atoms with Crippen LogP contribution in [0.1, 0.15) is 25.7 Å². The molecule has 0 aromatic carbocycles.